The lowest BCUT2D eigenvalue weighted by Crippen LogP contribution is -2.09. The molecule has 65 heavy (non-hydrogen) atoms. The summed E-state index contributed by atoms with van der Waals surface area (Å²) >= 11 is 0. The highest BCUT2D eigenvalue weighted by molar-refractivity contribution is 5.74. The van der Waals surface area contributed by atoms with Gasteiger partial charge in [0.2, 0.25) is 0 Å². The molecule has 0 bridgehead atoms. The number of nitrogens with two attached hydrogens (primary N) is 2. The summed E-state index contributed by atoms with van der Waals surface area (Å²) in [6, 6.07) is 53.2. The van der Waals surface area contributed by atoms with Crippen molar-refractivity contribution >= 4 is 41.9 Å². The Morgan fingerprint density at radius 1 is 0.400 bits per heavy atom. The maximum absolute atomic E-state index is 11.9. The number of rotatable bonds is 13. The van der Waals surface area contributed by atoms with E-state index in [0.29, 0.717) is 26.0 Å². The third-order valence-corrected chi connectivity index (χ3v) is 8.20. The Bertz CT molecular complexity index is 2300. The van der Waals surface area contributed by atoms with Crippen LogP contribution >= 0.6 is 0 Å². The number of ether oxygens (including phenoxy) is 4. The van der Waals surface area contributed by atoms with E-state index >= 15 is 0 Å². The SMILES string of the molecule is COC(=O)Cc1cccc(CC(=O)OCc2ccccc2)c1.COC(=O)Cc1cccc(CN)c1.Nc1ccccc1.O=C(Cc1ccccc1)OCc1ccccc1.O=C=O.O=C=O. The smallest absolute Gasteiger partial charge is 0.373 e. The zero-order chi connectivity index (χ0) is 47.9. The van der Waals surface area contributed by atoms with Crippen LogP contribution in [0.5, 0.6) is 0 Å². The van der Waals surface area contributed by atoms with E-state index in [4.69, 9.17) is 40.1 Å². The number of para-hydroxylation sites is 1. The van der Waals surface area contributed by atoms with Gasteiger partial charge in [0.25, 0.3) is 0 Å². The van der Waals surface area contributed by atoms with Crippen LogP contribution in [-0.4, -0.2) is 50.4 Å². The molecule has 0 amide bonds. The molecule has 0 radical (unpaired) electrons. The third-order valence-electron chi connectivity index (χ3n) is 8.20. The summed E-state index contributed by atoms with van der Waals surface area (Å²) in [5.41, 5.74) is 18.2. The predicted molar refractivity (Wildman–Crippen MR) is 239 cm³/mol. The normalized spacial score (nSPS) is 9.09. The monoisotopic (exact) mass is 884 g/mol. The van der Waals surface area contributed by atoms with Crippen molar-refractivity contribution < 1.29 is 57.3 Å². The molecule has 14 heteroatoms. The zero-order valence-corrected chi connectivity index (χ0v) is 36.2. The zero-order valence-electron chi connectivity index (χ0n) is 36.2. The summed E-state index contributed by atoms with van der Waals surface area (Å²) in [4.78, 5) is 78.1. The highest BCUT2D eigenvalue weighted by Crippen LogP contribution is 2.10. The maximum Gasteiger partial charge on any atom is 0.373 e. The number of benzene rings is 6. The van der Waals surface area contributed by atoms with E-state index in [1.807, 2.05) is 170 Å². The third kappa shape index (κ3) is 28.0. The molecule has 14 nitrogen and oxygen atoms in total. The first-order chi connectivity index (χ1) is 31.5. The molecule has 338 valence electrons. The van der Waals surface area contributed by atoms with E-state index in [0.717, 1.165) is 44.6 Å². The molecule has 6 aromatic carbocycles. The fourth-order valence-electron chi connectivity index (χ4n) is 5.15. The van der Waals surface area contributed by atoms with E-state index in [9.17, 15) is 19.2 Å². The van der Waals surface area contributed by atoms with Gasteiger partial charge in [0.05, 0.1) is 39.9 Å². The first kappa shape index (κ1) is 54.7. The Labute approximate surface area is 378 Å². The molecule has 4 N–H and O–H groups in total. The molecule has 6 rings (SSSR count). The Morgan fingerprint density at radius 3 is 1.00 bits per heavy atom. The van der Waals surface area contributed by atoms with Crippen LogP contribution in [0.3, 0.4) is 0 Å². The Hall–Kier alpha value is -8.28. The molecule has 0 saturated carbocycles. The summed E-state index contributed by atoms with van der Waals surface area (Å²) in [6.45, 7) is 1.10. The lowest BCUT2D eigenvalue weighted by molar-refractivity contribution is -0.193. The molecule has 6 aromatic rings. The number of hydrogen-bond donors (Lipinski definition) is 2. The van der Waals surface area contributed by atoms with E-state index in [2.05, 4.69) is 9.47 Å². The molecule has 0 aromatic heterocycles. The summed E-state index contributed by atoms with van der Waals surface area (Å²) in [7, 11) is 2.74. The maximum atomic E-state index is 11.9. The quantitative estimate of drug-likeness (QED) is 0.0706. The van der Waals surface area contributed by atoms with Crippen LogP contribution in [-0.2, 0) is 103 Å². The van der Waals surface area contributed by atoms with Crippen LogP contribution < -0.4 is 11.5 Å². The molecular formula is C51H52N2O12. The minimum absolute atomic E-state index is 0.182. The molecule has 0 heterocycles. The van der Waals surface area contributed by atoms with Crippen molar-refractivity contribution in [2.75, 3.05) is 20.0 Å². The van der Waals surface area contributed by atoms with E-state index in [1.165, 1.54) is 14.2 Å². The van der Waals surface area contributed by atoms with Gasteiger partial charge in [0, 0.05) is 12.2 Å². The molecule has 0 fully saturated rings. The summed E-state index contributed by atoms with van der Waals surface area (Å²) < 4.78 is 19.6. The van der Waals surface area contributed by atoms with Gasteiger partial charge in [0.1, 0.15) is 13.2 Å². The molecular weight excluding hydrogens is 833 g/mol. The van der Waals surface area contributed by atoms with Crippen molar-refractivity contribution in [1.82, 2.24) is 0 Å². The molecule has 0 aliphatic carbocycles. The van der Waals surface area contributed by atoms with Gasteiger partial charge in [-0.05, 0) is 51.1 Å². The number of carbonyl (C=O) groups is 4. The van der Waals surface area contributed by atoms with Gasteiger partial charge >= 0.3 is 36.2 Å². The fourth-order valence-corrected chi connectivity index (χ4v) is 5.15. The summed E-state index contributed by atoms with van der Waals surface area (Å²) in [5, 5.41) is 0. The van der Waals surface area contributed by atoms with Crippen LogP contribution in [0.1, 0.15) is 38.9 Å². The standard InChI is InChI=1S/C18H18O4.C15H14O2.C10H13NO2.C6H7N.2CO2/c1-21-17(19)11-15-8-5-9-16(10-15)12-18(20)22-13-14-6-3-2-4-7-14;16-15(11-13-7-3-1-4-8-13)17-12-14-9-5-2-6-10-14;1-13-10(12)6-8-3-2-4-9(5-8)7-11;7-6-4-2-1-3-5-6;2*2-1-3/h2-10H,11-13H2,1H3;1-10H,11-12H2;2-5H,6-7,11H2,1H3;1-5H,7H2;;. The highest BCUT2D eigenvalue weighted by Gasteiger charge is 2.09. The second-order valence-electron chi connectivity index (χ2n) is 13.1. The Balaban J connectivity index is 0.000000437. The first-order valence-electron chi connectivity index (χ1n) is 19.7. The number of methoxy groups -OCH3 is 2. The molecule has 0 unspecified atom stereocenters. The minimum Gasteiger partial charge on any atom is -0.469 e. The van der Waals surface area contributed by atoms with Crippen LogP contribution in [0.15, 0.2) is 170 Å². The lowest BCUT2D eigenvalue weighted by atomic mass is 10.1. The van der Waals surface area contributed by atoms with Gasteiger partial charge in [-0.1, -0.05) is 158 Å². The van der Waals surface area contributed by atoms with Crippen molar-refractivity contribution in [2.24, 2.45) is 5.73 Å². The van der Waals surface area contributed by atoms with Gasteiger partial charge in [-0.15, -0.1) is 0 Å². The Kier molecular flexibility index (Phi) is 29.8. The molecule has 0 atom stereocenters. The number of nitrogen functional groups attached to an aromatic ring is 1. The number of anilines is 1. The second kappa shape index (κ2) is 35.3. The molecule has 0 spiro atoms. The van der Waals surface area contributed by atoms with Gasteiger partial charge < -0.3 is 30.4 Å². The van der Waals surface area contributed by atoms with Crippen molar-refractivity contribution in [1.29, 1.82) is 0 Å². The van der Waals surface area contributed by atoms with E-state index in [-0.39, 0.29) is 55.6 Å². The largest absolute Gasteiger partial charge is 0.469 e. The van der Waals surface area contributed by atoms with Gasteiger partial charge in [-0.2, -0.15) is 19.2 Å². The van der Waals surface area contributed by atoms with Crippen LogP contribution in [0.25, 0.3) is 0 Å². The first-order valence-corrected chi connectivity index (χ1v) is 19.7. The molecule has 0 aliphatic rings. The van der Waals surface area contributed by atoms with Crippen molar-refractivity contribution in [3.8, 4) is 0 Å². The van der Waals surface area contributed by atoms with Gasteiger partial charge in [0.15, 0.2) is 0 Å². The van der Waals surface area contributed by atoms with Crippen molar-refractivity contribution in [3.63, 3.8) is 0 Å². The van der Waals surface area contributed by atoms with Gasteiger partial charge in [-0.25, -0.2) is 0 Å². The molecule has 0 saturated heterocycles. The predicted octanol–water partition coefficient (Wildman–Crippen LogP) is 6.62. The van der Waals surface area contributed by atoms with E-state index < -0.39 is 0 Å². The average Bonchev–Trinajstić information content (AvgIpc) is 3.33. The van der Waals surface area contributed by atoms with Crippen molar-refractivity contribution in [2.45, 2.75) is 45.4 Å². The Morgan fingerprint density at radius 2 is 0.677 bits per heavy atom. The topological polar surface area (TPSA) is 226 Å². The molecule has 0 aliphatic heterocycles. The van der Waals surface area contributed by atoms with Gasteiger partial charge in [-0.3, -0.25) is 19.2 Å². The van der Waals surface area contributed by atoms with Crippen LogP contribution in [0, 0.1) is 0 Å². The van der Waals surface area contributed by atoms with Crippen molar-refractivity contribution in [3.05, 3.63) is 209 Å². The van der Waals surface area contributed by atoms with Crippen LogP contribution in [0.2, 0.25) is 0 Å². The lowest BCUT2D eigenvalue weighted by Gasteiger charge is -2.06. The summed E-state index contributed by atoms with van der Waals surface area (Å²) in [6.07, 6.45) is 1.52. The van der Waals surface area contributed by atoms with E-state index in [1.54, 1.807) is 0 Å². The second-order valence-corrected chi connectivity index (χ2v) is 13.1. The average molecular weight is 885 g/mol. The highest BCUT2D eigenvalue weighted by atomic mass is 16.5. The van der Waals surface area contributed by atoms with Crippen LogP contribution in [0.4, 0.5) is 5.69 Å². The summed E-state index contributed by atoms with van der Waals surface area (Å²) in [5.74, 6) is -1.02. The number of hydrogen-bond acceptors (Lipinski definition) is 14. The number of carbonyl (C=O) groups excluding carboxylic acids is 8. The fraction of sp³-hybridized carbons (Fsp3) is 0.176. The minimum atomic E-state index is -0.302. The number of esters is 4.